The largest absolute Gasteiger partial charge is 0.497 e. The summed E-state index contributed by atoms with van der Waals surface area (Å²) in [6, 6.07) is 22.6. The van der Waals surface area contributed by atoms with Crippen LogP contribution in [0.1, 0.15) is 15.9 Å². The highest BCUT2D eigenvalue weighted by Gasteiger charge is 2.21. The van der Waals surface area contributed by atoms with Gasteiger partial charge in [0.15, 0.2) is 0 Å². The molecule has 0 unspecified atom stereocenters. The molecule has 39 heavy (non-hydrogen) atoms. The lowest BCUT2D eigenvalue weighted by Gasteiger charge is -2.12. The standard InChI is InChI=1S/C27H24ClN3O6S2/c1-18-3-6-21(7-4-18)31-39(35,36)26-17-19(5-16-25(26)28)27(32)29-20-10-14-24(15-11-20)38(33,34)30-22-8-12-23(37-2)13-9-22/h3-17,30-31H,1-2H3,(H,29,32). The zero-order chi connectivity index (χ0) is 28.2. The first kappa shape index (κ1) is 28.0. The molecule has 0 fully saturated rings. The van der Waals surface area contributed by atoms with Crippen LogP contribution in [0.4, 0.5) is 17.1 Å². The number of rotatable bonds is 9. The van der Waals surface area contributed by atoms with Crippen LogP contribution < -0.4 is 19.5 Å². The molecule has 0 saturated carbocycles. The maximum atomic E-state index is 12.9. The van der Waals surface area contributed by atoms with Gasteiger partial charge in [0.2, 0.25) is 0 Å². The lowest BCUT2D eigenvalue weighted by atomic mass is 10.2. The number of amides is 1. The number of hydrogen-bond donors (Lipinski definition) is 3. The Balaban J connectivity index is 1.47. The molecule has 0 spiro atoms. The van der Waals surface area contributed by atoms with E-state index in [4.69, 9.17) is 16.3 Å². The molecule has 12 heteroatoms. The molecule has 0 aromatic heterocycles. The number of ether oxygens (including phenoxy) is 1. The lowest BCUT2D eigenvalue weighted by Crippen LogP contribution is -2.17. The second kappa shape index (κ2) is 11.4. The van der Waals surface area contributed by atoms with Crippen LogP contribution in [0, 0.1) is 6.92 Å². The minimum Gasteiger partial charge on any atom is -0.497 e. The number of methoxy groups -OCH3 is 1. The topological polar surface area (TPSA) is 131 Å². The van der Waals surface area contributed by atoms with E-state index in [1.165, 1.54) is 49.6 Å². The Bertz CT molecular complexity index is 1710. The van der Waals surface area contributed by atoms with E-state index in [-0.39, 0.29) is 20.4 Å². The number of anilines is 3. The van der Waals surface area contributed by atoms with Crippen molar-refractivity contribution in [1.82, 2.24) is 0 Å². The molecule has 0 aliphatic heterocycles. The fraction of sp³-hybridized carbons (Fsp3) is 0.0741. The monoisotopic (exact) mass is 585 g/mol. The highest BCUT2D eigenvalue weighted by Crippen LogP contribution is 2.26. The number of carbonyl (C=O) groups excluding carboxylic acids is 1. The van der Waals surface area contributed by atoms with Gasteiger partial charge in [-0.05, 0) is 85.8 Å². The Labute approximate surface area is 231 Å². The summed E-state index contributed by atoms with van der Waals surface area (Å²) in [5.74, 6) is -0.0172. The van der Waals surface area contributed by atoms with Crippen LogP contribution in [-0.2, 0) is 20.0 Å². The molecule has 0 bridgehead atoms. The Morgan fingerprint density at radius 2 is 1.26 bits per heavy atom. The predicted molar refractivity (Wildman–Crippen MR) is 152 cm³/mol. The van der Waals surface area contributed by atoms with E-state index in [0.29, 0.717) is 22.8 Å². The predicted octanol–water partition coefficient (Wildman–Crippen LogP) is 5.51. The van der Waals surface area contributed by atoms with Gasteiger partial charge in [-0.3, -0.25) is 14.2 Å². The van der Waals surface area contributed by atoms with Gasteiger partial charge in [0.1, 0.15) is 10.6 Å². The van der Waals surface area contributed by atoms with E-state index in [2.05, 4.69) is 14.8 Å². The molecule has 1 amide bonds. The van der Waals surface area contributed by atoms with Gasteiger partial charge < -0.3 is 10.1 Å². The van der Waals surface area contributed by atoms with Crippen molar-refractivity contribution < 1.29 is 26.4 Å². The summed E-state index contributed by atoms with van der Waals surface area (Å²) in [5.41, 5.74) is 2.03. The molecule has 4 rings (SSSR count). The highest BCUT2D eigenvalue weighted by molar-refractivity contribution is 7.93. The molecule has 0 aliphatic rings. The molecule has 0 heterocycles. The number of benzene rings is 4. The zero-order valence-corrected chi connectivity index (χ0v) is 23.2. The van der Waals surface area contributed by atoms with Gasteiger partial charge in [0.05, 0.1) is 17.0 Å². The third kappa shape index (κ3) is 6.88. The van der Waals surface area contributed by atoms with Crippen molar-refractivity contribution >= 4 is 54.6 Å². The van der Waals surface area contributed by atoms with E-state index < -0.39 is 26.0 Å². The fourth-order valence-corrected chi connectivity index (χ4v) is 6.12. The maximum absolute atomic E-state index is 12.9. The van der Waals surface area contributed by atoms with Crippen molar-refractivity contribution in [2.45, 2.75) is 16.7 Å². The normalized spacial score (nSPS) is 11.5. The summed E-state index contributed by atoms with van der Waals surface area (Å²) in [6.07, 6.45) is 0. The first-order chi connectivity index (χ1) is 18.5. The Morgan fingerprint density at radius 1 is 0.718 bits per heavy atom. The number of aryl methyl sites for hydroxylation is 1. The van der Waals surface area contributed by atoms with Gasteiger partial charge in [-0.2, -0.15) is 0 Å². The minimum atomic E-state index is -4.08. The Morgan fingerprint density at radius 3 is 1.85 bits per heavy atom. The molecule has 4 aromatic carbocycles. The number of carbonyl (C=O) groups is 1. The maximum Gasteiger partial charge on any atom is 0.263 e. The number of sulfonamides is 2. The average molecular weight is 586 g/mol. The van der Waals surface area contributed by atoms with Crippen LogP contribution in [0.15, 0.2) is 101 Å². The molecule has 9 nitrogen and oxygen atoms in total. The smallest absolute Gasteiger partial charge is 0.263 e. The highest BCUT2D eigenvalue weighted by atomic mass is 35.5. The summed E-state index contributed by atoms with van der Waals surface area (Å²) in [4.78, 5) is 12.6. The molecular weight excluding hydrogens is 562 g/mol. The molecule has 0 saturated heterocycles. The van der Waals surface area contributed by atoms with Gasteiger partial charge in [0.25, 0.3) is 26.0 Å². The zero-order valence-electron chi connectivity index (χ0n) is 20.8. The van der Waals surface area contributed by atoms with Crippen LogP contribution in [0.3, 0.4) is 0 Å². The van der Waals surface area contributed by atoms with Gasteiger partial charge in [-0.1, -0.05) is 29.3 Å². The summed E-state index contributed by atoms with van der Waals surface area (Å²) >= 11 is 6.15. The lowest BCUT2D eigenvalue weighted by molar-refractivity contribution is 0.102. The third-order valence-corrected chi connectivity index (χ3v) is 8.81. The van der Waals surface area contributed by atoms with E-state index in [1.807, 2.05) is 6.92 Å². The van der Waals surface area contributed by atoms with Crippen LogP contribution >= 0.6 is 11.6 Å². The van der Waals surface area contributed by atoms with Crippen molar-refractivity contribution in [3.05, 3.63) is 107 Å². The molecule has 0 atom stereocenters. The van der Waals surface area contributed by atoms with Crippen LogP contribution in [0.2, 0.25) is 5.02 Å². The molecule has 3 N–H and O–H groups in total. The first-order valence-electron chi connectivity index (χ1n) is 11.4. The third-order valence-electron chi connectivity index (χ3n) is 5.55. The van der Waals surface area contributed by atoms with Crippen molar-refractivity contribution in [2.75, 3.05) is 21.9 Å². The first-order valence-corrected chi connectivity index (χ1v) is 14.8. The number of hydrogen-bond acceptors (Lipinski definition) is 6. The SMILES string of the molecule is COc1ccc(NS(=O)(=O)c2ccc(NC(=O)c3ccc(Cl)c(S(=O)(=O)Nc4ccc(C)cc4)c3)cc2)cc1. The molecule has 0 aliphatic carbocycles. The summed E-state index contributed by atoms with van der Waals surface area (Å²) < 4.78 is 61.3. The molecule has 4 aromatic rings. The fourth-order valence-electron chi connectivity index (χ4n) is 3.48. The minimum absolute atomic E-state index is 0.0154. The van der Waals surface area contributed by atoms with E-state index >= 15 is 0 Å². The van der Waals surface area contributed by atoms with Gasteiger partial charge in [-0.15, -0.1) is 0 Å². The van der Waals surface area contributed by atoms with Crippen LogP contribution in [0.25, 0.3) is 0 Å². The van der Waals surface area contributed by atoms with Gasteiger partial charge >= 0.3 is 0 Å². The Kier molecular flexibility index (Phi) is 8.14. The van der Waals surface area contributed by atoms with Crippen molar-refractivity contribution in [3.8, 4) is 5.75 Å². The molecule has 0 radical (unpaired) electrons. The average Bonchev–Trinajstić information content (AvgIpc) is 2.90. The summed E-state index contributed by atoms with van der Waals surface area (Å²) in [6.45, 7) is 1.88. The number of nitrogens with one attached hydrogen (secondary N) is 3. The molecule has 202 valence electrons. The second-order valence-electron chi connectivity index (χ2n) is 8.43. The quantitative estimate of drug-likeness (QED) is 0.237. The van der Waals surface area contributed by atoms with Crippen LogP contribution in [0.5, 0.6) is 5.75 Å². The van der Waals surface area contributed by atoms with E-state index in [0.717, 1.165) is 5.56 Å². The van der Waals surface area contributed by atoms with E-state index in [1.54, 1.807) is 48.5 Å². The van der Waals surface area contributed by atoms with Crippen molar-refractivity contribution in [1.29, 1.82) is 0 Å². The van der Waals surface area contributed by atoms with E-state index in [9.17, 15) is 21.6 Å². The molecular formula is C27H24ClN3O6S2. The number of halogens is 1. The van der Waals surface area contributed by atoms with Gasteiger partial charge in [-0.25, -0.2) is 16.8 Å². The Hall–Kier alpha value is -4.06. The van der Waals surface area contributed by atoms with Crippen molar-refractivity contribution in [3.63, 3.8) is 0 Å². The summed E-state index contributed by atoms with van der Waals surface area (Å²) in [5, 5.41) is 2.58. The van der Waals surface area contributed by atoms with Gasteiger partial charge in [0, 0.05) is 22.6 Å². The van der Waals surface area contributed by atoms with Crippen molar-refractivity contribution in [2.24, 2.45) is 0 Å². The second-order valence-corrected chi connectivity index (χ2v) is 12.2. The summed E-state index contributed by atoms with van der Waals surface area (Å²) in [7, 11) is -6.45. The van der Waals surface area contributed by atoms with Crippen LogP contribution in [-0.4, -0.2) is 29.9 Å².